The Labute approximate surface area is 91.8 Å². The summed E-state index contributed by atoms with van der Waals surface area (Å²) in [6.45, 7) is 7.01. The van der Waals surface area contributed by atoms with Crippen molar-refractivity contribution in [2.75, 3.05) is 24.3 Å². The Hall–Kier alpha value is -1.22. The number of anilines is 2. The lowest BCUT2D eigenvalue weighted by atomic mass is 10.1. The fourth-order valence-corrected chi connectivity index (χ4v) is 1.67. The molecule has 0 spiro atoms. The first-order chi connectivity index (χ1) is 7.11. The van der Waals surface area contributed by atoms with Crippen molar-refractivity contribution < 1.29 is 4.74 Å². The highest BCUT2D eigenvalue weighted by Gasteiger charge is 2.14. The molecule has 1 rings (SSSR count). The molecule has 0 fully saturated rings. The maximum Gasteiger partial charge on any atom is 0.126 e. The molecule has 0 bridgehead atoms. The van der Waals surface area contributed by atoms with Gasteiger partial charge in [-0.3, -0.25) is 0 Å². The van der Waals surface area contributed by atoms with Crippen LogP contribution in [0.5, 0.6) is 0 Å². The second kappa shape index (κ2) is 5.03. The Morgan fingerprint density at radius 1 is 1.47 bits per heavy atom. The van der Waals surface area contributed by atoms with Crippen LogP contribution in [0.3, 0.4) is 0 Å². The molecular formula is C12H20N2O. The zero-order valence-corrected chi connectivity index (χ0v) is 9.95. The molecule has 0 radical (unpaired) electrons. The molecule has 1 unspecified atom stereocenters. The van der Waals surface area contributed by atoms with Gasteiger partial charge in [0, 0.05) is 13.7 Å². The minimum atomic E-state index is 0.0408. The quantitative estimate of drug-likeness (QED) is 0.610. The highest BCUT2D eigenvalue weighted by molar-refractivity contribution is 5.71. The smallest absolute Gasteiger partial charge is 0.126 e. The number of benzene rings is 1. The Balaban J connectivity index is 3.07. The average Bonchev–Trinajstić information content (AvgIpc) is 2.24. The molecule has 0 aliphatic carbocycles. The van der Waals surface area contributed by atoms with E-state index in [0.29, 0.717) is 0 Å². The first-order valence-electron chi connectivity index (χ1n) is 5.26. The van der Waals surface area contributed by atoms with E-state index in [-0.39, 0.29) is 6.23 Å². The summed E-state index contributed by atoms with van der Waals surface area (Å²) in [6.07, 6.45) is 0.0408. The average molecular weight is 208 g/mol. The van der Waals surface area contributed by atoms with Crippen molar-refractivity contribution in [3.63, 3.8) is 0 Å². The van der Waals surface area contributed by atoms with Crippen LogP contribution in [0.1, 0.15) is 19.4 Å². The number of rotatable bonds is 4. The van der Waals surface area contributed by atoms with E-state index in [2.05, 4.69) is 11.8 Å². The van der Waals surface area contributed by atoms with Crippen LogP contribution in [-0.2, 0) is 4.74 Å². The van der Waals surface area contributed by atoms with Gasteiger partial charge in [-0.2, -0.15) is 0 Å². The topological polar surface area (TPSA) is 38.5 Å². The number of para-hydroxylation sites is 1. The summed E-state index contributed by atoms with van der Waals surface area (Å²) in [4.78, 5) is 2.14. The molecule has 3 nitrogen and oxygen atoms in total. The van der Waals surface area contributed by atoms with E-state index in [9.17, 15) is 0 Å². The van der Waals surface area contributed by atoms with Gasteiger partial charge < -0.3 is 15.4 Å². The van der Waals surface area contributed by atoms with E-state index in [4.69, 9.17) is 10.5 Å². The van der Waals surface area contributed by atoms with Crippen LogP contribution in [0.25, 0.3) is 0 Å². The third-order valence-electron chi connectivity index (χ3n) is 2.73. The predicted octanol–water partition coefficient (Wildman–Crippen LogP) is 2.40. The van der Waals surface area contributed by atoms with Crippen molar-refractivity contribution in [3.8, 4) is 0 Å². The number of nitrogens with zero attached hydrogens (tertiary/aromatic N) is 1. The van der Waals surface area contributed by atoms with Gasteiger partial charge in [-0.1, -0.05) is 12.1 Å². The summed E-state index contributed by atoms with van der Waals surface area (Å²) in [6, 6.07) is 6.07. The monoisotopic (exact) mass is 208 g/mol. The van der Waals surface area contributed by atoms with Crippen molar-refractivity contribution in [1.29, 1.82) is 0 Å². The predicted molar refractivity (Wildman–Crippen MR) is 65.1 cm³/mol. The summed E-state index contributed by atoms with van der Waals surface area (Å²) < 4.78 is 5.32. The van der Waals surface area contributed by atoms with Crippen molar-refractivity contribution in [1.82, 2.24) is 0 Å². The summed E-state index contributed by atoms with van der Waals surface area (Å²) in [5, 5.41) is 0. The van der Waals surface area contributed by atoms with Crippen molar-refractivity contribution in [2.24, 2.45) is 0 Å². The van der Waals surface area contributed by atoms with Gasteiger partial charge >= 0.3 is 0 Å². The molecule has 2 N–H and O–H groups in total. The standard InChI is InChI=1S/C12H20N2O/c1-5-14(10(3)15-4)11-8-6-7-9(2)12(11)13/h6-8,10H,5,13H2,1-4H3. The van der Waals surface area contributed by atoms with Crippen molar-refractivity contribution in [3.05, 3.63) is 23.8 Å². The fraction of sp³-hybridized carbons (Fsp3) is 0.500. The number of methoxy groups -OCH3 is 1. The molecule has 1 aromatic carbocycles. The zero-order valence-electron chi connectivity index (χ0n) is 9.95. The molecular weight excluding hydrogens is 188 g/mol. The Morgan fingerprint density at radius 2 is 2.13 bits per heavy atom. The largest absolute Gasteiger partial charge is 0.397 e. The van der Waals surface area contributed by atoms with E-state index < -0.39 is 0 Å². The van der Waals surface area contributed by atoms with Gasteiger partial charge in [0.05, 0.1) is 11.4 Å². The van der Waals surface area contributed by atoms with Gasteiger partial charge in [-0.25, -0.2) is 0 Å². The van der Waals surface area contributed by atoms with E-state index in [1.54, 1.807) is 7.11 Å². The minimum absolute atomic E-state index is 0.0408. The van der Waals surface area contributed by atoms with Crippen LogP contribution in [0.2, 0.25) is 0 Å². The lowest BCUT2D eigenvalue weighted by Gasteiger charge is -2.30. The number of hydrogen-bond acceptors (Lipinski definition) is 3. The number of aryl methyl sites for hydroxylation is 1. The second-order valence-corrected chi connectivity index (χ2v) is 3.63. The van der Waals surface area contributed by atoms with Gasteiger partial charge in [0.1, 0.15) is 6.23 Å². The number of nitrogen functional groups attached to an aromatic ring is 1. The molecule has 0 saturated heterocycles. The summed E-state index contributed by atoms with van der Waals surface area (Å²) in [7, 11) is 1.71. The molecule has 0 heterocycles. The highest BCUT2D eigenvalue weighted by atomic mass is 16.5. The maximum absolute atomic E-state index is 6.05. The maximum atomic E-state index is 6.05. The molecule has 15 heavy (non-hydrogen) atoms. The van der Waals surface area contributed by atoms with Crippen LogP contribution < -0.4 is 10.6 Å². The zero-order chi connectivity index (χ0) is 11.4. The van der Waals surface area contributed by atoms with E-state index in [0.717, 1.165) is 23.5 Å². The SMILES string of the molecule is CCN(c1cccc(C)c1N)C(C)OC. The Bertz CT molecular complexity index is 325. The van der Waals surface area contributed by atoms with Crippen molar-refractivity contribution >= 4 is 11.4 Å². The first kappa shape index (κ1) is 11.9. The molecule has 0 aliphatic heterocycles. The second-order valence-electron chi connectivity index (χ2n) is 3.63. The normalized spacial score (nSPS) is 12.5. The summed E-state index contributed by atoms with van der Waals surface area (Å²) in [5.41, 5.74) is 9.04. The van der Waals surface area contributed by atoms with Gasteiger partial charge in [-0.05, 0) is 32.4 Å². The molecule has 0 aromatic heterocycles. The lowest BCUT2D eigenvalue weighted by molar-refractivity contribution is 0.115. The molecule has 0 aliphatic rings. The van der Waals surface area contributed by atoms with Gasteiger partial charge in [0.2, 0.25) is 0 Å². The minimum Gasteiger partial charge on any atom is -0.397 e. The van der Waals surface area contributed by atoms with Crippen molar-refractivity contribution in [2.45, 2.75) is 27.0 Å². The molecule has 0 saturated carbocycles. The molecule has 0 amide bonds. The first-order valence-corrected chi connectivity index (χ1v) is 5.26. The number of hydrogen-bond donors (Lipinski definition) is 1. The summed E-state index contributed by atoms with van der Waals surface area (Å²) in [5.74, 6) is 0. The van der Waals surface area contributed by atoms with E-state index in [1.165, 1.54) is 0 Å². The van der Waals surface area contributed by atoms with Crippen LogP contribution in [0.4, 0.5) is 11.4 Å². The molecule has 3 heteroatoms. The molecule has 84 valence electrons. The van der Waals surface area contributed by atoms with Crippen LogP contribution in [0.15, 0.2) is 18.2 Å². The van der Waals surface area contributed by atoms with Gasteiger partial charge in [0.25, 0.3) is 0 Å². The van der Waals surface area contributed by atoms with Crippen LogP contribution in [-0.4, -0.2) is 19.9 Å². The highest BCUT2D eigenvalue weighted by Crippen LogP contribution is 2.27. The van der Waals surface area contributed by atoms with Crippen LogP contribution >= 0.6 is 0 Å². The van der Waals surface area contributed by atoms with Crippen LogP contribution in [0, 0.1) is 6.92 Å². The van der Waals surface area contributed by atoms with Gasteiger partial charge in [-0.15, -0.1) is 0 Å². The molecule has 1 atom stereocenters. The third kappa shape index (κ3) is 2.42. The Kier molecular flexibility index (Phi) is 3.97. The fourth-order valence-electron chi connectivity index (χ4n) is 1.67. The van der Waals surface area contributed by atoms with E-state index >= 15 is 0 Å². The third-order valence-corrected chi connectivity index (χ3v) is 2.73. The Morgan fingerprint density at radius 3 is 2.67 bits per heavy atom. The van der Waals surface area contributed by atoms with Gasteiger partial charge in [0.15, 0.2) is 0 Å². The molecule has 1 aromatic rings. The van der Waals surface area contributed by atoms with E-state index in [1.807, 2.05) is 32.0 Å². The lowest BCUT2D eigenvalue weighted by Crippen LogP contribution is -2.34. The summed E-state index contributed by atoms with van der Waals surface area (Å²) >= 11 is 0. The number of nitrogens with two attached hydrogens (primary N) is 1. The number of ether oxygens (including phenoxy) is 1.